The number of ether oxygens (including phenoxy) is 1. The van der Waals surface area contributed by atoms with Gasteiger partial charge in [0.1, 0.15) is 12.4 Å². The van der Waals surface area contributed by atoms with Crippen LogP contribution in [-0.2, 0) is 14.3 Å². The molecule has 0 rings (SSSR count). The Morgan fingerprint density at radius 2 is 2.10 bits per heavy atom. The van der Waals surface area contributed by atoms with Crippen molar-refractivity contribution >= 4 is 11.9 Å². The average molecular weight is 147 g/mol. The summed E-state index contributed by atoms with van der Waals surface area (Å²) in [5.41, 5.74) is 4.46. The molecule has 0 atom stereocenters. The fraction of sp³-hybridized carbons (Fsp3) is 0.200. The second kappa shape index (κ2) is 3.60. The Labute approximate surface area is 56.5 Å². The van der Waals surface area contributed by atoms with E-state index < -0.39 is 24.3 Å². The summed E-state index contributed by atoms with van der Waals surface area (Å²) in [6.45, 7) is 2.17. The highest BCUT2D eigenvalue weighted by atomic mass is 19.1. The lowest BCUT2D eigenvalue weighted by molar-refractivity contribution is -0.152. The van der Waals surface area contributed by atoms with Gasteiger partial charge in [0, 0.05) is 0 Å². The van der Waals surface area contributed by atoms with E-state index in [0.29, 0.717) is 0 Å². The monoisotopic (exact) mass is 147 g/mol. The van der Waals surface area contributed by atoms with E-state index >= 15 is 0 Å². The fourth-order valence-corrected chi connectivity index (χ4v) is 0.215. The number of nitrogens with two attached hydrogens (primary N) is 1. The van der Waals surface area contributed by atoms with Crippen molar-refractivity contribution in [3.8, 4) is 0 Å². The van der Waals surface area contributed by atoms with Crippen LogP contribution in [0.5, 0.6) is 0 Å². The highest BCUT2D eigenvalue weighted by Gasteiger charge is 2.09. The number of rotatable bonds is 2. The van der Waals surface area contributed by atoms with E-state index in [4.69, 9.17) is 0 Å². The van der Waals surface area contributed by atoms with Gasteiger partial charge in [0.05, 0.1) is 0 Å². The molecule has 0 aliphatic carbocycles. The summed E-state index contributed by atoms with van der Waals surface area (Å²) in [5.74, 6) is -3.35. The Morgan fingerprint density at radius 1 is 1.60 bits per heavy atom. The van der Waals surface area contributed by atoms with Crippen LogP contribution in [-0.4, -0.2) is 18.5 Å². The minimum absolute atomic E-state index is 0.623. The van der Waals surface area contributed by atoms with E-state index in [0.717, 1.165) is 0 Å². The third-order valence-electron chi connectivity index (χ3n) is 0.561. The van der Waals surface area contributed by atoms with Gasteiger partial charge in [0.2, 0.25) is 0 Å². The molecular weight excluding hydrogens is 141 g/mol. The molecule has 0 unspecified atom stereocenters. The molecule has 1 amide bonds. The molecule has 0 bridgehead atoms. The van der Waals surface area contributed by atoms with Crippen LogP contribution in [0.15, 0.2) is 12.4 Å². The van der Waals surface area contributed by atoms with Gasteiger partial charge >= 0.3 is 11.9 Å². The first-order valence-corrected chi connectivity index (χ1v) is 2.34. The second-order valence-electron chi connectivity index (χ2n) is 1.46. The van der Waals surface area contributed by atoms with Crippen molar-refractivity contribution in [1.29, 1.82) is 0 Å². The maximum absolute atomic E-state index is 11.7. The first kappa shape index (κ1) is 8.61. The lowest BCUT2D eigenvalue weighted by Crippen LogP contribution is -2.25. The van der Waals surface area contributed by atoms with Crippen molar-refractivity contribution < 1.29 is 18.7 Å². The van der Waals surface area contributed by atoms with Crippen molar-refractivity contribution in [2.75, 3.05) is 6.61 Å². The number of amides is 1. The molecule has 0 radical (unpaired) electrons. The largest absolute Gasteiger partial charge is 0.451 e. The quantitative estimate of drug-likeness (QED) is 0.422. The van der Waals surface area contributed by atoms with Gasteiger partial charge in [0.15, 0.2) is 0 Å². The zero-order valence-electron chi connectivity index (χ0n) is 5.09. The van der Waals surface area contributed by atoms with Crippen LogP contribution in [0, 0.1) is 0 Å². The number of halogens is 1. The lowest BCUT2D eigenvalue weighted by atomic mass is 10.6. The normalized spacial score (nSPS) is 8.50. The molecule has 0 aromatic carbocycles. The van der Waals surface area contributed by atoms with Crippen LogP contribution in [0.2, 0.25) is 0 Å². The Hall–Kier alpha value is -1.39. The fourth-order valence-electron chi connectivity index (χ4n) is 0.215. The molecule has 0 spiro atoms. The zero-order valence-corrected chi connectivity index (χ0v) is 5.09. The van der Waals surface area contributed by atoms with E-state index in [2.05, 4.69) is 17.0 Å². The highest BCUT2D eigenvalue weighted by molar-refractivity contribution is 6.31. The van der Waals surface area contributed by atoms with Crippen LogP contribution >= 0.6 is 0 Å². The van der Waals surface area contributed by atoms with Gasteiger partial charge in [-0.15, -0.1) is 0 Å². The number of carbonyl (C=O) groups is 2. The van der Waals surface area contributed by atoms with E-state index in [1.807, 2.05) is 0 Å². The number of hydrogen-bond donors (Lipinski definition) is 1. The van der Waals surface area contributed by atoms with E-state index in [9.17, 15) is 14.0 Å². The van der Waals surface area contributed by atoms with Gasteiger partial charge in [-0.3, -0.25) is 4.79 Å². The van der Waals surface area contributed by atoms with Gasteiger partial charge in [-0.2, -0.15) is 0 Å². The van der Waals surface area contributed by atoms with Crippen molar-refractivity contribution in [3.05, 3.63) is 12.4 Å². The van der Waals surface area contributed by atoms with E-state index in [1.54, 1.807) is 0 Å². The molecule has 4 nitrogen and oxygen atoms in total. The molecule has 0 saturated heterocycles. The lowest BCUT2D eigenvalue weighted by Gasteiger charge is -1.96. The minimum Gasteiger partial charge on any atom is -0.451 e. The third kappa shape index (κ3) is 3.59. The molecule has 10 heavy (non-hydrogen) atoms. The van der Waals surface area contributed by atoms with E-state index in [-0.39, 0.29) is 0 Å². The Bertz CT molecular complexity index is 178. The number of carbonyl (C=O) groups excluding carboxylic acids is 2. The van der Waals surface area contributed by atoms with Crippen LogP contribution < -0.4 is 5.73 Å². The van der Waals surface area contributed by atoms with Crippen LogP contribution in [0.4, 0.5) is 4.39 Å². The minimum atomic E-state index is -1.26. The van der Waals surface area contributed by atoms with Crippen molar-refractivity contribution in [2.24, 2.45) is 5.73 Å². The van der Waals surface area contributed by atoms with Crippen molar-refractivity contribution in [3.63, 3.8) is 0 Å². The molecule has 2 N–H and O–H groups in total. The molecular formula is C5H6FNO3. The molecule has 56 valence electrons. The van der Waals surface area contributed by atoms with Crippen LogP contribution in [0.25, 0.3) is 0 Å². The summed E-state index contributed by atoms with van der Waals surface area (Å²) < 4.78 is 15.7. The smallest absolute Gasteiger partial charge is 0.396 e. The summed E-state index contributed by atoms with van der Waals surface area (Å²) in [6, 6.07) is 0. The van der Waals surface area contributed by atoms with E-state index in [1.165, 1.54) is 0 Å². The predicted molar refractivity (Wildman–Crippen MR) is 30.4 cm³/mol. The third-order valence-corrected chi connectivity index (χ3v) is 0.561. The number of hydrogen-bond acceptors (Lipinski definition) is 3. The first-order valence-electron chi connectivity index (χ1n) is 2.34. The number of primary amides is 1. The van der Waals surface area contributed by atoms with Crippen molar-refractivity contribution in [1.82, 2.24) is 0 Å². The molecule has 0 aromatic rings. The molecule has 0 aliphatic heterocycles. The number of esters is 1. The Morgan fingerprint density at radius 3 is 2.40 bits per heavy atom. The molecule has 0 aromatic heterocycles. The maximum atomic E-state index is 11.7. The maximum Gasteiger partial charge on any atom is 0.396 e. The van der Waals surface area contributed by atoms with Gasteiger partial charge < -0.3 is 10.5 Å². The van der Waals surface area contributed by atoms with Crippen LogP contribution in [0.3, 0.4) is 0 Å². The molecule has 5 heteroatoms. The summed E-state index contributed by atoms with van der Waals surface area (Å²) in [6.07, 6.45) is 0. The summed E-state index contributed by atoms with van der Waals surface area (Å²) in [5, 5.41) is 0. The Balaban J connectivity index is 3.60. The molecule has 0 saturated carbocycles. The van der Waals surface area contributed by atoms with Gasteiger partial charge in [-0.25, -0.2) is 9.18 Å². The molecule has 0 fully saturated rings. The first-order chi connectivity index (χ1) is 4.54. The van der Waals surface area contributed by atoms with Crippen LogP contribution in [0.1, 0.15) is 0 Å². The summed E-state index contributed by atoms with van der Waals surface area (Å²) in [7, 11) is 0. The summed E-state index contributed by atoms with van der Waals surface area (Å²) in [4.78, 5) is 20.1. The van der Waals surface area contributed by atoms with Gasteiger partial charge in [-0.05, 0) is 0 Å². The molecule has 0 heterocycles. The topological polar surface area (TPSA) is 69.4 Å². The average Bonchev–Trinajstić information content (AvgIpc) is 1.82. The molecule has 0 aliphatic rings. The van der Waals surface area contributed by atoms with Crippen molar-refractivity contribution in [2.45, 2.75) is 0 Å². The van der Waals surface area contributed by atoms with Gasteiger partial charge in [-0.1, -0.05) is 6.58 Å². The zero-order chi connectivity index (χ0) is 8.15. The highest BCUT2D eigenvalue weighted by Crippen LogP contribution is 1.91. The van der Waals surface area contributed by atoms with Gasteiger partial charge in [0.25, 0.3) is 0 Å². The Kier molecular flexibility index (Phi) is 3.10. The predicted octanol–water partition coefficient (Wildman–Crippen LogP) is -0.502. The SMILES string of the molecule is C=C(F)COC(=O)C(N)=O. The standard InChI is InChI=1S/C5H6FNO3/c1-3(6)2-10-5(9)4(7)8/h1-2H2,(H2,7,8). The summed E-state index contributed by atoms with van der Waals surface area (Å²) >= 11 is 0. The second-order valence-corrected chi connectivity index (χ2v) is 1.46.